The van der Waals surface area contributed by atoms with Crippen LogP contribution < -0.4 is 0 Å². The van der Waals surface area contributed by atoms with Crippen LogP contribution in [0.2, 0.25) is 0 Å². The fourth-order valence-electron chi connectivity index (χ4n) is 2.34. The predicted molar refractivity (Wildman–Crippen MR) is 144 cm³/mol. The topological polar surface area (TPSA) is 67.9 Å². The maximum absolute atomic E-state index is 5.68. The molecule has 0 N–H and O–H groups in total. The lowest BCUT2D eigenvalue weighted by molar-refractivity contribution is 0.126. The Kier molecular flexibility index (Phi) is 20.2. The Balaban J connectivity index is 0.00000497. The third-order valence-corrected chi connectivity index (χ3v) is 3.97. The Morgan fingerprint density at radius 2 is 1.45 bits per heavy atom. The first-order valence-corrected chi connectivity index (χ1v) is 11.4. The quantitative estimate of drug-likeness (QED) is 0.195. The van der Waals surface area contributed by atoms with Crippen LogP contribution in [-0.4, -0.2) is 57.7 Å². The van der Waals surface area contributed by atoms with E-state index >= 15 is 0 Å². The first kappa shape index (κ1) is 30.0. The van der Waals surface area contributed by atoms with Crippen molar-refractivity contribution in [3.8, 4) is 0 Å². The van der Waals surface area contributed by atoms with Crippen molar-refractivity contribution in [3.63, 3.8) is 0 Å². The van der Waals surface area contributed by atoms with E-state index in [0.717, 1.165) is 22.5 Å². The molecule has 180 valence electrons. The van der Waals surface area contributed by atoms with Gasteiger partial charge in [-0.3, -0.25) is 20.0 Å². The van der Waals surface area contributed by atoms with Gasteiger partial charge in [-0.15, -0.1) is 0 Å². The summed E-state index contributed by atoms with van der Waals surface area (Å²) in [6, 6.07) is 8.24. The molecule has 0 unspecified atom stereocenters. The summed E-state index contributed by atoms with van der Waals surface area (Å²) in [5, 5.41) is 0. The normalized spacial score (nSPS) is 12.8. The van der Waals surface area contributed by atoms with Crippen LogP contribution in [0.3, 0.4) is 0 Å². The highest BCUT2D eigenvalue weighted by Crippen LogP contribution is 2.07. The molecular weight excluding hydrogens is 412 g/mol. The third-order valence-electron chi connectivity index (χ3n) is 3.97. The molecule has 0 radical (unpaired) electrons. The highest BCUT2D eigenvalue weighted by atomic mass is 16.5. The molecular formula is C27H40N4O2. The maximum Gasteiger partial charge on any atom is 0.0761 e. The monoisotopic (exact) mass is 452 g/mol. The number of ether oxygens (including phenoxy) is 2. The Morgan fingerprint density at radius 3 is 1.91 bits per heavy atom. The van der Waals surface area contributed by atoms with Crippen LogP contribution in [0, 0.1) is 0 Å². The summed E-state index contributed by atoms with van der Waals surface area (Å²) in [6.07, 6.45) is 12.6. The van der Waals surface area contributed by atoms with Crippen LogP contribution in [0.25, 0.3) is 0 Å². The predicted octanol–water partition coefficient (Wildman–Crippen LogP) is 5.70. The first-order chi connectivity index (χ1) is 16.2. The Labute approximate surface area is 200 Å². The zero-order valence-corrected chi connectivity index (χ0v) is 20.9. The highest BCUT2D eigenvalue weighted by molar-refractivity contribution is 6.35. The average molecular weight is 453 g/mol. The number of benzene rings is 1. The van der Waals surface area contributed by atoms with Crippen molar-refractivity contribution < 1.29 is 9.47 Å². The van der Waals surface area contributed by atoms with Crippen LogP contribution in [-0.2, 0) is 22.7 Å². The van der Waals surface area contributed by atoms with Crippen LogP contribution in [0.5, 0.6) is 0 Å². The zero-order chi connectivity index (χ0) is 24.6. The van der Waals surface area contributed by atoms with Gasteiger partial charge < -0.3 is 9.47 Å². The van der Waals surface area contributed by atoms with Gasteiger partial charge in [0.15, 0.2) is 0 Å². The minimum Gasteiger partial charge on any atom is -0.375 e. The van der Waals surface area contributed by atoms with E-state index in [1.807, 2.05) is 45.9 Å². The number of allylic oxidation sites excluding steroid dienone is 5. The molecule has 6 nitrogen and oxygen atoms in total. The van der Waals surface area contributed by atoms with Crippen molar-refractivity contribution in [2.24, 2.45) is 20.0 Å². The van der Waals surface area contributed by atoms with Crippen LogP contribution in [0.4, 0.5) is 0 Å². The summed E-state index contributed by atoms with van der Waals surface area (Å²) < 4.78 is 11.4. The lowest BCUT2D eigenvalue weighted by Crippen LogP contribution is -2.02. The molecule has 1 aromatic carbocycles. The number of nitrogens with zero attached hydrogens (tertiary/aromatic N) is 4. The van der Waals surface area contributed by atoms with Gasteiger partial charge in [0.1, 0.15) is 0 Å². The molecule has 33 heavy (non-hydrogen) atoms. The van der Waals surface area contributed by atoms with Gasteiger partial charge in [-0.25, -0.2) is 0 Å². The van der Waals surface area contributed by atoms with Gasteiger partial charge in [-0.05, 0) is 31.1 Å². The molecule has 0 aliphatic rings. The van der Waals surface area contributed by atoms with Crippen molar-refractivity contribution in [1.29, 1.82) is 0 Å². The molecule has 0 fully saturated rings. The van der Waals surface area contributed by atoms with Gasteiger partial charge in [-0.2, -0.15) is 0 Å². The highest BCUT2D eigenvalue weighted by Gasteiger charge is 1.97. The van der Waals surface area contributed by atoms with E-state index in [1.54, 1.807) is 31.8 Å². The second kappa shape index (κ2) is 22.2. The van der Waals surface area contributed by atoms with E-state index in [9.17, 15) is 0 Å². The van der Waals surface area contributed by atoms with Crippen LogP contribution in [0.1, 0.15) is 38.8 Å². The van der Waals surface area contributed by atoms with E-state index in [0.29, 0.717) is 39.5 Å². The van der Waals surface area contributed by atoms with E-state index < -0.39 is 0 Å². The molecule has 0 aliphatic carbocycles. The lowest BCUT2D eigenvalue weighted by atomic mass is 10.1. The summed E-state index contributed by atoms with van der Waals surface area (Å²) in [5.41, 5.74) is 3.91. The molecule has 0 saturated heterocycles. The van der Waals surface area contributed by atoms with Crippen molar-refractivity contribution in [2.45, 2.75) is 40.9 Å². The molecule has 0 atom stereocenters. The van der Waals surface area contributed by atoms with Crippen LogP contribution >= 0.6 is 0 Å². The van der Waals surface area contributed by atoms with Gasteiger partial charge in [0.2, 0.25) is 0 Å². The van der Waals surface area contributed by atoms with Gasteiger partial charge >= 0.3 is 0 Å². The Hall–Kier alpha value is -2.96. The van der Waals surface area contributed by atoms with Gasteiger partial charge in [0.25, 0.3) is 0 Å². The van der Waals surface area contributed by atoms with E-state index in [2.05, 4.69) is 50.8 Å². The molecule has 0 heterocycles. The summed E-state index contributed by atoms with van der Waals surface area (Å²) in [4.78, 5) is 16.9. The van der Waals surface area contributed by atoms with Gasteiger partial charge in [-0.1, -0.05) is 62.9 Å². The minimum atomic E-state index is 0.558. The number of hydrogen-bond acceptors (Lipinski definition) is 6. The van der Waals surface area contributed by atoms with Crippen molar-refractivity contribution in [2.75, 3.05) is 33.4 Å². The molecule has 0 amide bonds. The van der Waals surface area contributed by atoms with Crippen molar-refractivity contribution >= 4 is 24.4 Å². The maximum atomic E-state index is 5.68. The molecule has 0 bridgehead atoms. The summed E-state index contributed by atoms with van der Waals surface area (Å²) in [5.74, 6) is 0. The standard InChI is InChI=1S/C25H34N4O2.C2H6/c1-5-8-9-25(26-4)19-28-15-17-31-21-23-12-10-22(11-13-23)20-30-16-14-27-18-24(6-2)29-7-3;1-2/h5-13,18-19H,1,14-17,20-21H2,2-4H3;1-2H3/b9-8-,24-6-,26-25?,27-18?,28-19?,29-7?;. The molecule has 0 saturated carbocycles. The molecule has 1 rings (SSSR count). The van der Waals surface area contributed by atoms with Gasteiger partial charge in [0, 0.05) is 25.7 Å². The summed E-state index contributed by atoms with van der Waals surface area (Å²) in [7, 11) is 1.73. The molecule has 0 spiro atoms. The van der Waals surface area contributed by atoms with E-state index in [4.69, 9.17) is 9.47 Å². The SMILES string of the molecule is C=C/C=C\C(C=NCCOCc1ccc(COCCN=C/C(=C/C)N=CC)cc1)=NC.CC. The average Bonchev–Trinajstić information content (AvgIpc) is 2.86. The fourth-order valence-corrected chi connectivity index (χ4v) is 2.34. The third kappa shape index (κ3) is 16.3. The molecule has 0 aromatic heterocycles. The minimum absolute atomic E-state index is 0.558. The van der Waals surface area contributed by atoms with E-state index in [1.165, 1.54) is 0 Å². The number of hydrogen-bond donors (Lipinski definition) is 0. The molecule has 1 aromatic rings. The second-order valence-corrected chi connectivity index (χ2v) is 6.34. The van der Waals surface area contributed by atoms with Gasteiger partial charge in [0.05, 0.1) is 50.9 Å². The van der Waals surface area contributed by atoms with Crippen LogP contribution in [0.15, 0.2) is 80.8 Å². The van der Waals surface area contributed by atoms with Crippen molar-refractivity contribution in [1.82, 2.24) is 0 Å². The zero-order valence-electron chi connectivity index (χ0n) is 20.9. The molecule has 0 aliphatic heterocycles. The summed E-state index contributed by atoms with van der Waals surface area (Å²) in [6.45, 7) is 14.9. The summed E-state index contributed by atoms with van der Waals surface area (Å²) >= 11 is 0. The largest absolute Gasteiger partial charge is 0.375 e. The van der Waals surface area contributed by atoms with Crippen molar-refractivity contribution in [3.05, 3.63) is 72.0 Å². The smallest absolute Gasteiger partial charge is 0.0761 e. The van der Waals surface area contributed by atoms with E-state index in [-0.39, 0.29) is 0 Å². The Bertz CT molecular complexity index is 804. The Morgan fingerprint density at radius 1 is 0.909 bits per heavy atom. The number of aliphatic imine (C=N–C) groups is 4. The lowest BCUT2D eigenvalue weighted by Gasteiger charge is -2.06. The number of rotatable bonds is 15. The molecule has 6 heteroatoms. The fraction of sp³-hybridized carbons (Fsp3) is 0.407. The second-order valence-electron chi connectivity index (χ2n) is 6.34. The first-order valence-electron chi connectivity index (χ1n) is 11.4.